The summed E-state index contributed by atoms with van der Waals surface area (Å²) in [5, 5.41) is 3.03. The third-order valence-corrected chi connectivity index (χ3v) is 5.79. The molecule has 1 N–H and O–H groups in total. The summed E-state index contributed by atoms with van der Waals surface area (Å²) in [6, 6.07) is 12.1. The van der Waals surface area contributed by atoms with E-state index in [0.29, 0.717) is 16.3 Å². The fourth-order valence-corrected chi connectivity index (χ4v) is 3.53. The number of nitrogens with zero attached hydrogens (tertiary/aromatic N) is 2. The third-order valence-electron chi connectivity index (χ3n) is 3.67. The zero-order chi connectivity index (χ0) is 21.9. The second-order valence-electron chi connectivity index (χ2n) is 5.89. The van der Waals surface area contributed by atoms with E-state index in [1.807, 2.05) is 0 Å². The number of hydrogen-bond donors (Lipinski definition) is 1. The molecule has 11 heteroatoms. The standard InChI is InChI=1S/C19H11BrCl2F3N3OS/c20-11-3-1-10(2-4-11)15-8-16(19(23,24)25)28-18(27-15)30-9-17(29)26-12-5-6-13(21)14(22)7-12/h1-8H,9H2,(H,26,29). The molecular formula is C19H11BrCl2F3N3OS. The van der Waals surface area contributed by atoms with Gasteiger partial charge in [-0.2, -0.15) is 13.2 Å². The van der Waals surface area contributed by atoms with Crippen LogP contribution in [-0.2, 0) is 11.0 Å². The quantitative estimate of drug-likeness (QED) is 0.283. The first-order valence-electron chi connectivity index (χ1n) is 8.22. The van der Waals surface area contributed by atoms with E-state index in [9.17, 15) is 18.0 Å². The van der Waals surface area contributed by atoms with Crippen LogP contribution >= 0.6 is 50.9 Å². The molecular weight excluding hydrogens is 526 g/mol. The minimum Gasteiger partial charge on any atom is -0.325 e. The monoisotopic (exact) mass is 535 g/mol. The van der Waals surface area contributed by atoms with Crippen molar-refractivity contribution in [1.29, 1.82) is 0 Å². The Morgan fingerprint density at radius 2 is 1.73 bits per heavy atom. The van der Waals surface area contributed by atoms with Crippen LogP contribution in [0.15, 0.2) is 58.2 Å². The zero-order valence-electron chi connectivity index (χ0n) is 14.8. The number of aromatic nitrogens is 2. The van der Waals surface area contributed by atoms with E-state index >= 15 is 0 Å². The van der Waals surface area contributed by atoms with Crippen molar-refractivity contribution in [2.24, 2.45) is 0 Å². The van der Waals surface area contributed by atoms with Gasteiger partial charge in [-0.25, -0.2) is 9.97 Å². The summed E-state index contributed by atoms with van der Waals surface area (Å²) in [6.07, 6.45) is -4.65. The van der Waals surface area contributed by atoms with Crippen molar-refractivity contribution >= 4 is 62.5 Å². The first-order chi connectivity index (χ1) is 14.1. The van der Waals surface area contributed by atoms with Crippen molar-refractivity contribution < 1.29 is 18.0 Å². The average molecular weight is 537 g/mol. The maximum Gasteiger partial charge on any atom is 0.433 e. The molecule has 0 saturated carbocycles. The molecule has 1 aromatic heterocycles. The van der Waals surface area contributed by atoms with Gasteiger partial charge in [0.15, 0.2) is 5.16 Å². The van der Waals surface area contributed by atoms with Crippen molar-refractivity contribution in [1.82, 2.24) is 9.97 Å². The molecule has 156 valence electrons. The zero-order valence-corrected chi connectivity index (χ0v) is 18.7. The number of amides is 1. The maximum atomic E-state index is 13.3. The Hall–Kier alpha value is -1.81. The molecule has 0 bridgehead atoms. The molecule has 3 aromatic rings. The lowest BCUT2D eigenvalue weighted by Gasteiger charge is -2.11. The van der Waals surface area contributed by atoms with Gasteiger partial charge in [-0.1, -0.05) is 63.0 Å². The molecule has 0 fully saturated rings. The SMILES string of the molecule is O=C(CSc1nc(-c2ccc(Br)cc2)cc(C(F)(F)F)n1)Nc1ccc(Cl)c(Cl)c1. The first-order valence-corrected chi connectivity index (χ1v) is 10.8. The number of rotatable bonds is 5. The smallest absolute Gasteiger partial charge is 0.325 e. The summed E-state index contributed by atoms with van der Waals surface area (Å²) >= 11 is 15.8. The van der Waals surface area contributed by atoms with Crippen LogP contribution in [0.1, 0.15) is 5.69 Å². The Morgan fingerprint density at radius 1 is 1.03 bits per heavy atom. The first kappa shape index (κ1) is 22.9. The number of nitrogens with one attached hydrogen (secondary N) is 1. The van der Waals surface area contributed by atoms with Crippen molar-refractivity contribution in [2.75, 3.05) is 11.1 Å². The summed E-state index contributed by atoms with van der Waals surface area (Å²) in [4.78, 5) is 19.9. The number of carbonyl (C=O) groups is 1. The molecule has 0 aliphatic carbocycles. The number of halogens is 6. The molecule has 0 atom stereocenters. The lowest BCUT2D eigenvalue weighted by molar-refractivity contribution is -0.141. The number of carbonyl (C=O) groups excluding carboxylic acids is 1. The van der Waals surface area contributed by atoms with Crippen LogP contribution in [0.4, 0.5) is 18.9 Å². The van der Waals surface area contributed by atoms with Gasteiger partial charge in [-0.15, -0.1) is 0 Å². The van der Waals surface area contributed by atoms with Crippen LogP contribution in [0.2, 0.25) is 10.0 Å². The van der Waals surface area contributed by atoms with Crippen LogP contribution in [0.25, 0.3) is 11.3 Å². The Bertz CT molecular complexity index is 1080. The Morgan fingerprint density at radius 3 is 2.37 bits per heavy atom. The van der Waals surface area contributed by atoms with Crippen molar-refractivity contribution in [3.63, 3.8) is 0 Å². The van der Waals surface area contributed by atoms with Crippen molar-refractivity contribution in [3.05, 3.63) is 68.7 Å². The molecule has 0 radical (unpaired) electrons. The van der Waals surface area contributed by atoms with Crippen LogP contribution in [0.5, 0.6) is 0 Å². The molecule has 0 aliphatic heterocycles. The summed E-state index contributed by atoms with van der Waals surface area (Å²) in [6.45, 7) is 0. The molecule has 0 saturated heterocycles. The van der Waals surface area contributed by atoms with Gasteiger partial charge in [-0.3, -0.25) is 4.79 Å². The molecule has 2 aromatic carbocycles. The van der Waals surface area contributed by atoms with Gasteiger partial charge in [0, 0.05) is 15.7 Å². The largest absolute Gasteiger partial charge is 0.433 e. The minimum atomic E-state index is -4.65. The third kappa shape index (κ3) is 6.10. The molecule has 0 spiro atoms. The van der Waals surface area contributed by atoms with Crippen LogP contribution in [0, 0.1) is 0 Å². The van der Waals surface area contributed by atoms with Crippen LogP contribution in [0.3, 0.4) is 0 Å². The van der Waals surface area contributed by atoms with Gasteiger partial charge >= 0.3 is 6.18 Å². The number of thioether (sulfide) groups is 1. The lowest BCUT2D eigenvalue weighted by Crippen LogP contribution is -2.15. The van der Waals surface area contributed by atoms with E-state index in [1.165, 1.54) is 12.1 Å². The van der Waals surface area contributed by atoms with Gasteiger partial charge in [0.25, 0.3) is 0 Å². The van der Waals surface area contributed by atoms with Crippen LogP contribution < -0.4 is 5.32 Å². The van der Waals surface area contributed by atoms with E-state index in [-0.39, 0.29) is 21.6 Å². The van der Waals surface area contributed by atoms with Gasteiger partial charge in [0.1, 0.15) is 5.69 Å². The van der Waals surface area contributed by atoms with Gasteiger partial charge in [0.05, 0.1) is 21.5 Å². The van der Waals surface area contributed by atoms with E-state index in [2.05, 4.69) is 31.2 Å². The normalized spacial score (nSPS) is 11.4. The molecule has 3 rings (SSSR count). The predicted octanol–water partition coefficient (Wildman–Crippen LogP) is 6.96. The molecule has 0 aliphatic rings. The summed E-state index contributed by atoms with van der Waals surface area (Å²) < 4.78 is 40.6. The van der Waals surface area contributed by atoms with Gasteiger partial charge < -0.3 is 5.32 Å². The number of hydrogen-bond acceptors (Lipinski definition) is 4. The second kappa shape index (κ2) is 9.55. The molecule has 4 nitrogen and oxygen atoms in total. The lowest BCUT2D eigenvalue weighted by atomic mass is 10.1. The molecule has 0 unspecified atom stereocenters. The topological polar surface area (TPSA) is 54.9 Å². The molecule has 1 amide bonds. The van der Waals surface area contributed by atoms with Gasteiger partial charge in [0.2, 0.25) is 5.91 Å². The Labute approximate surface area is 192 Å². The maximum absolute atomic E-state index is 13.3. The fraction of sp³-hybridized carbons (Fsp3) is 0.105. The van der Waals surface area contributed by atoms with Gasteiger partial charge in [-0.05, 0) is 36.4 Å². The average Bonchev–Trinajstić information content (AvgIpc) is 2.69. The Kier molecular flexibility index (Phi) is 7.28. The highest BCUT2D eigenvalue weighted by Gasteiger charge is 2.34. The molecule has 30 heavy (non-hydrogen) atoms. The fourth-order valence-electron chi connectivity index (χ4n) is 2.30. The van der Waals surface area contributed by atoms with E-state index in [0.717, 1.165) is 22.3 Å². The van der Waals surface area contributed by atoms with Crippen molar-refractivity contribution in [2.45, 2.75) is 11.3 Å². The van der Waals surface area contributed by atoms with E-state index < -0.39 is 17.8 Å². The highest BCUT2D eigenvalue weighted by Crippen LogP contribution is 2.32. The summed E-state index contributed by atoms with van der Waals surface area (Å²) in [5.74, 6) is -0.647. The van der Waals surface area contributed by atoms with E-state index in [1.54, 1.807) is 30.3 Å². The number of alkyl halides is 3. The highest BCUT2D eigenvalue weighted by atomic mass is 79.9. The van der Waals surface area contributed by atoms with Crippen molar-refractivity contribution in [3.8, 4) is 11.3 Å². The minimum absolute atomic E-state index is 0.109. The molecule has 1 heterocycles. The number of anilines is 1. The van der Waals surface area contributed by atoms with E-state index in [4.69, 9.17) is 23.2 Å². The second-order valence-corrected chi connectivity index (χ2v) is 8.56. The Balaban J connectivity index is 1.78. The summed E-state index contributed by atoms with van der Waals surface area (Å²) in [5.41, 5.74) is -0.0660. The summed E-state index contributed by atoms with van der Waals surface area (Å²) in [7, 11) is 0. The van der Waals surface area contributed by atoms with Crippen LogP contribution in [-0.4, -0.2) is 21.6 Å². The highest BCUT2D eigenvalue weighted by molar-refractivity contribution is 9.10. The predicted molar refractivity (Wildman–Crippen MR) is 116 cm³/mol. The number of benzene rings is 2.